The van der Waals surface area contributed by atoms with Crippen LogP contribution in [0, 0.1) is 4.77 Å². The molecule has 9 heteroatoms. The normalized spacial score (nSPS) is 10.6. The molecule has 2 aromatic heterocycles. The quantitative estimate of drug-likeness (QED) is 0.456. The Labute approximate surface area is 152 Å². The summed E-state index contributed by atoms with van der Waals surface area (Å²) in [7, 11) is 0. The molecule has 3 rings (SSSR count). The molecule has 0 radical (unpaired) electrons. The zero-order chi connectivity index (χ0) is 17.8. The van der Waals surface area contributed by atoms with Gasteiger partial charge in [-0.1, -0.05) is 18.2 Å². The first-order chi connectivity index (χ1) is 12.1. The summed E-state index contributed by atoms with van der Waals surface area (Å²) in [4.78, 5) is 16.6. The molecule has 0 atom stereocenters. The summed E-state index contributed by atoms with van der Waals surface area (Å²) in [6, 6.07) is 6.35. The van der Waals surface area contributed by atoms with Gasteiger partial charge in [0.1, 0.15) is 11.6 Å². The van der Waals surface area contributed by atoms with Crippen molar-refractivity contribution < 1.29 is 9.90 Å². The van der Waals surface area contributed by atoms with Crippen LogP contribution in [-0.4, -0.2) is 30.8 Å². The number of aromatic hydroxyl groups is 1. The molecule has 7 nitrogen and oxygen atoms in total. The van der Waals surface area contributed by atoms with Crippen LogP contribution < -0.4 is 5.32 Å². The van der Waals surface area contributed by atoms with E-state index in [4.69, 9.17) is 12.2 Å². The van der Waals surface area contributed by atoms with Gasteiger partial charge in [0.15, 0.2) is 9.90 Å². The van der Waals surface area contributed by atoms with Gasteiger partial charge in [0, 0.05) is 11.9 Å². The number of para-hydroxylation sites is 1. The van der Waals surface area contributed by atoms with Gasteiger partial charge in [-0.25, -0.2) is 4.98 Å². The van der Waals surface area contributed by atoms with Crippen molar-refractivity contribution in [2.75, 3.05) is 5.32 Å². The first-order valence-corrected chi connectivity index (χ1v) is 8.66. The number of anilines is 1. The zero-order valence-corrected chi connectivity index (χ0v) is 14.7. The number of amides is 1. The monoisotopic (exact) mass is 373 g/mol. The van der Waals surface area contributed by atoms with E-state index in [9.17, 15) is 9.90 Å². The molecule has 0 aliphatic carbocycles. The number of H-pyrrole nitrogens is 1. The Bertz CT molecular complexity index is 973. The van der Waals surface area contributed by atoms with E-state index < -0.39 is 5.91 Å². The molecule has 0 saturated heterocycles. The minimum atomic E-state index is -0.409. The van der Waals surface area contributed by atoms with Crippen LogP contribution >= 0.6 is 23.6 Å². The molecular weight excluding hydrogens is 358 g/mol. The van der Waals surface area contributed by atoms with E-state index in [1.54, 1.807) is 24.3 Å². The van der Waals surface area contributed by atoms with Crippen LogP contribution in [0.15, 0.2) is 42.3 Å². The van der Waals surface area contributed by atoms with Crippen LogP contribution in [0.5, 0.6) is 5.75 Å². The molecule has 0 unspecified atom stereocenters. The van der Waals surface area contributed by atoms with Crippen LogP contribution in [0.4, 0.5) is 5.13 Å². The number of benzene rings is 1. The van der Waals surface area contributed by atoms with Gasteiger partial charge in [0.05, 0.1) is 17.7 Å². The molecule has 128 valence electrons. The number of rotatable bonds is 6. The van der Waals surface area contributed by atoms with Crippen molar-refractivity contribution >= 4 is 34.6 Å². The Morgan fingerprint density at radius 2 is 2.28 bits per heavy atom. The number of hydrogen-bond acceptors (Lipinski definition) is 6. The van der Waals surface area contributed by atoms with Gasteiger partial charge in [-0.05, 0) is 24.4 Å². The van der Waals surface area contributed by atoms with Gasteiger partial charge in [0.2, 0.25) is 0 Å². The van der Waals surface area contributed by atoms with Crippen molar-refractivity contribution in [1.29, 1.82) is 0 Å². The van der Waals surface area contributed by atoms with Gasteiger partial charge in [-0.2, -0.15) is 5.10 Å². The fourth-order valence-electron chi connectivity index (χ4n) is 2.24. The summed E-state index contributed by atoms with van der Waals surface area (Å²) in [6.07, 6.45) is 2.22. The van der Waals surface area contributed by atoms with Gasteiger partial charge in [-0.3, -0.25) is 19.8 Å². The number of allylic oxidation sites excluding steroid dienone is 1. The summed E-state index contributed by atoms with van der Waals surface area (Å²) in [6.45, 7) is 4.27. The van der Waals surface area contributed by atoms with E-state index in [-0.39, 0.29) is 11.3 Å². The fourth-order valence-corrected chi connectivity index (χ4v) is 3.17. The minimum Gasteiger partial charge on any atom is -0.507 e. The number of carbonyl (C=O) groups is 1. The van der Waals surface area contributed by atoms with Crippen LogP contribution in [0.1, 0.15) is 21.9 Å². The van der Waals surface area contributed by atoms with Gasteiger partial charge >= 0.3 is 0 Å². The summed E-state index contributed by atoms with van der Waals surface area (Å²) in [5.41, 5.74) is 0.961. The van der Waals surface area contributed by atoms with Gasteiger partial charge < -0.3 is 5.11 Å². The minimum absolute atomic E-state index is 0.0725. The lowest BCUT2D eigenvalue weighted by Crippen LogP contribution is -2.12. The number of nitrogens with one attached hydrogen (secondary N) is 2. The lowest BCUT2D eigenvalue weighted by Gasteiger charge is -2.03. The molecule has 2 heterocycles. The highest BCUT2D eigenvalue weighted by Crippen LogP contribution is 2.21. The number of carbonyl (C=O) groups excluding carboxylic acids is 1. The lowest BCUT2D eigenvalue weighted by atomic mass is 10.2. The van der Waals surface area contributed by atoms with Crippen LogP contribution in [0.25, 0.3) is 0 Å². The summed E-state index contributed by atoms with van der Waals surface area (Å²) < 4.78 is 2.36. The van der Waals surface area contributed by atoms with Crippen LogP contribution in [0.2, 0.25) is 0 Å². The third-order valence-corrected chi connectivity index (χ3v) is 4.53. The maximum atomic E-state index is 12.2. The van der Waals surface area contributed by atoms with Crippen molar-refractivity contribution in [2.45, 2.75) is 13.0 Å². The Morgan fingerprint density at radius 1 is 1.48 bits per heavy atom. The standard InChI is InChI=1S/C16H15N5O2S2/c1-2-7-21-13(19-20-16(21)24)8-10-9-25-15(17-10)18-14(23)11-5-3-4-6-12(11)22/h2-6,9,22H,1,7-8H2,(H,20,24)(H,17,18,23). The van der Waals surface area contributed by atoms with Crippen molar-refractivity contribution in [3.05, 3.63) is 64.2 Å². The summed E-state index contributed by atoms with van der Waals surface area (Å²) in [5, 5.41) is 21.7. The summed E-state index contributed by atoms with van der Waals surface area (Å²) in [5.74, 6) is 0.263. The van der Waals surface area contributed by atoms with Crippen molar-refractivity contribution in [2.24, 2.45) is 0 Å². The van der Waals surface area contributed by atoms with Crippen molar-refractivity contribution in [1.82, 2.24) is 19.7 Å². The Balaban J connectivity index is 1.73. The van der Waals surface area contributed by atoms with E-state index in [0.29, 0.717) is 22.9 Å². The molecule has 0 aliphatic heterocycles. The molecule has 1 aromatic carbocycles. The Kier molecular flexibility index (Phi) is 5.05. The molecule has 0 bridgehead atoms. The number of aromatic nitrogens is 4. The maximum absolute atomic E-state index is 12.2. The van der Waals surface area contributed by atoms with E-state index in [0.717, 1.165) is 11.5 Å². The highest BCUT2D eigenvalue weighted by molar-refractivity contribution is 7.71. The lowest BCUT2D eigenvalue weighted by molar-refractivity contribution is 0.102. The molecule has 3 aromatic rings. The molecule has 3 N–H and O–H groups in total. The third-order valence-electron chi connectivity index (χ3n) is 3.41. The third kappa shape index (κ3) is 3.83. The number of hydrogen-bond donors (Lipinski definition) is 3. The first-order valence-electron chi connectivity index (χ1n) is 7.37. The highest BCUT2D eigenvalue weighted by atomic mass is 32.1. The topological polar surface area (TPSA) is 95.8 Å². The second-order valence-electron chi connectivity index (χ2n) is 5.14. The van der Waals surface area contributed by atoms with Gasteiger partial charge in [0.25, 0.3) is 5.91 Å². The number of phenolic OH excluding ortho intramolecular Hbond substituents is 1. The number of nitrogens with zero attached hydrogens (tertiary/aromatic N) is 3. The summed E-state index contributed by atoms with van der Waals surface area (Å²) >= 11 is 6.49. The van der Waals surface area contributed by atoms with E-state index >= 15 is 0 Å². The first kappa shape index (κ1) is 17.1. The molecule has 1 amide bonds. The molecule has 0 aliphatic rings. The largest absolute Gasteiger partial charge is 0.507 e. The van der Waals surface area contributed by atoms with Crippen LogP contribution in [0.3, 0.4) is 0 Å². The van der Waals surface area contributed by atoms with Crippen LogP contribution in [-0.2, 0) is 13.0 Å². The predicted molar refractivity (Wildman–Crippen MR) is 98.6 cm³/mol. The SMILES string of the molecule is C=CCn1c(Cc2csc(NC(=O)c3ccccc3O)n2)n[nH]c1=S. The molecule has 0 saturated carbocycles. The fraction of sp³-hybridized carbons (Fsp3) is 0.125. The number of phenols is 1. The number of thiazole rings is 1. The predicted octanol–water partition coefficient (Wildman–Crippen LogP) is 3.13. The average Bonchev–Trinajstić information content (AvgIpc) is 3.17. The second-order valence-corrected chi connectivity index (χ2v) is 6.38. The Morgan fingerprint density at radius 3 is 3.04 bits per heavy atom. The highest BCUT2D eigenvalue weighted by Gasteiger charge is 2.14. The molecule has 25 heavy (non-hydrogen) atoms. The van der Waals surface area contributed by atoms with E-state index in [1.165, 1.54) is 17.4 Å². The zero-order valence-electron chi connectivity index (χ0n) is 13.1. The molecular formula is C16H15N5O2S2. The maximum Gasteiger partial charge on any atom is 0.261 e. The number of aromatic amines is 1. The molecule has 0 spiro atoms. The van der Waals surface area contributed by atoms with E-state index in [1.807, 2.05) is 9.95 Å². The van der Waals surface area contributed by atoms with E-state index in [2.05, 4.69) is 27.1 Å². The average molecular weight is 373 g/mol. The second kappa shape index (κ2) is 7.41. The van der Waals surface area contributed by atoms with Crippen molar-refractivity contribution in [3.8, 4) is 5.75 Å². The molecule has 0 fully saturated rings. The van der Waals surface area contributed by atoms with Crippen molar-refractivity contribution in [3.63, 3.8) is 0 Å². The van der Waals surface area contributed by atoms with Gasteiger partial charge in [-0.15, -0.1) is 17.9 Å². The smallest absolute Gasteiger partial charge is 0.261 e. The Hall–Kier alpha value is -2.78.